The summed E-state index contributed by atoms with van der Waals surface area (Å²) in [5, 5.41) is 10.1. The van der Waals surface area contributed by atoms with Crippen LogP contribution >= 0.6 is 0 Å². The van der Waals surface area contributed by atoms with E-state index in [0.717, 1.165) is 31.1 Å². The lowest BCUT2D eigenvalue weighted by atomic mass is 9.74. The molecule has 2 saturated heterocycles. The average Bonchev–Trinajstić information content (AvgIpc) is 3.47. The van der Waals surface area contributed by atoms with Gasteiger partial charge in [-0.3, -0.25) is 9.80 Å². The average molecular weight is 382 g/mol. The Bertz CT molecular complexity index is 701. The summed E-state index contributed by atoms with van der Waals surface area (Å²) in [4.78, 5) is 7.36. The lowest BCUT2D eigenvalue weighted by molar-refractivity contribution is -0.0649. The second kappa shape index (κ2) is 8.97. The Morgan fingerprint density at radius 2 is 1.86 bits per heavy atom. The van der Waals surface area contributed by atoms with Crippen molar-refractivity contribution in [2.24, 2.45) is 5.92 Å². The van der Waals surface area contributed by atoms with Crippen molar-refractivity contribution < 1.29 is 5.11 Å². The quantitative estimate of drug-likeness (QED) is 0.793. The van der Waals surface area contributed by atoms with Gasteiger partial charge in [0.2, 0.25) is 0 Å². The Hall–Kier alpha value is -1.38. The predicted molar refractivity (Wildman–Crippen MR) is 114 cm³/mol. The maximum Gasteiger partial charge on any atom is 0.0600 e. The second-order valence-corrected chi connectivity index (χ2v) is 9.15. The van der Waals surface area contributed by atoms with Gasteiger partial charge in [-0.15, -0.1) is 0 Å². The van der Waals surface area contributed by atoms with Crippen LogP contribution in [0.3, 0.4) is 0 Å². The third kappa shape index (κ3) is 4.60. The summed E-state index contributed by atoms with van der Waals surface area (Å²) >= 11 is 0. The van der Waals surface area contributed by atoms with E-state index in [4.69, 9.17) is 0 Å². The summed E-state index contributed by atoms with van der Waals surface area (Å²) in [6.45, 7) is 5.86. The molecule has 1 N–H and O–H groups in total. The van der Waals surface area contributed by atoms with E-state index in [-0.39, 0.29) is 12.6 Å². The fourth-order valence-electron chi connectivity index (χ4n) is 4.93. The van der Waals surface area contributed by atoms with Crippen LogP contribution in [0.2, 0.25) is 0 Å². The molecule has 1 aliphatic carbocycles. The van der Waals surface area contributed by atoms with Gasteiger partial charge in [0, 0.05) is 36.7 Å². The maximum absolute atomic E-state index is 10.1. The van der Waals surface area contributed by atoms with Gasteiger partial charge in [0.25, 0.3) is 0 Å². The molecule has 3 fully saturated rings. The molecule has 2 aliphatic heterocycles. The molecule has 4 heteroatoms. The van der Waals surface area contributed by atoms with E-state index in [9.17, 15) is 5.11 Å². The first-order valence-electron chi connectivity index (χ1n) is 11.0. The standard InChI is InChI=1S/C24H35N3O/c1-25(2)13-5-6-19-9-11-21(12-10-19)24-22-17-26(16-20-7-8-20)14-3-4-15-27(22)23(24)18-28/h9-12,20,22-24,28H,3-4,7-8,13-18H2,1-2H3/t22-,23+,24+/m0/s1. The molecule has 3 atom stereocenters. The van der Waals surface area contributed by atoms with Crippen molar-refractivity contribution in [3.63, 3.8) is 0 Å². The Labute approximate surface area is 170 Å². The highest BCUT2D eigenvalue weighted by molar-refractivity contribution is 5.39. The molecule has 28 heavy (non-hydrogen) atoms. The van der Waals surface area contributed by atoms with Gasteiger partial charge in [0.05, 0.1) is 13.2 Å². The third-order valence-corrected chi connectivity index (χ3v) is 6.59. The molecule has 4 nitrogen and oxygen atoms in total. The zero-order chi connectivity index (χ0) is 19.5. The number of aliphatic hydroxyl groups excluding tert-OH is 1. The number of hydrogen-bond donors (Lipinski definition) is 1. The van der Waals surface area contributed by atoms with Crippen LogP contribution < -0.4 is 0 Å². The zero-order valence-corrected chi connectivity index (χ0v) is 17.5. The van der Waals surface area contributed by atoms with Crippen molar-refractivity contribution in [1.82, 2.24) is 14.7 Å². The lowest BCUT2D eigenvalue weighted by Crippen LogP contribution is -2.67. The number of hydrogen-bond acceptors (Lipinski definition) is 4. The Kier molecular flexibility index (Phi) is 6.38. The lowest BCUT2D eigenvalue weighted by Gasteiger charge is -2.57. The summed E-state index contributed by atoms with van der Waals surface area (Å²) in [5.41, 5.74) is 2.45. The summed E-state index contributed by atoms with van der Waals surface area (Å²) < 4.78 is 0. The van der Waals surface area contributed by atoms with Gasteiger partial charge in [-0.2, -0.15) is 0 Å². The number of fused-ring (bicyclic) bond motifs is 1. The molecular formula is C24H35N3O. The first-order valence-corrected chi connectivity index (χ1v) is 11.0. The number of aliphatic hydroxyl groups is 1. The van der Waals surface area contributed by atoms with Crippen molar-refractivity contribution in [3.8, 4) is 11.8 Å². The number of nitrogens with zero attached hydrogens (tertiary/aromatic N) is 3. The molecule has 1 aromatic carbocycles. The van der Waals surface area contributed by atoms with Gasteiger partial charge in [0.15, 0.2) is 0 Å². The predicted octanol–water partition coefficient (Wildman–Crippen LogP) is 2.23. The van der Waals surface area contributed by atoms with E-state index in [1.54, 1.807) is 0 Å². The first-order chi connectivity index (χ1) is 13.7. The highest BCUT2D eigenvalue weighted by Crippen LogP contribution is 2.42. The van der Waals surface area contributed by atoms with Gasteiger partial charge < -0.3 is 10.0 Å². The third-order valence-electron chi connectivity index (χ3n) is 6.59. The summed E-state index contributed by atoms with van der Waals surface area (Å²) in [5.74, 6) is 7.85. The highest BCUT2D eigenvalue weighted by Gasteiger charge is 2.49. The van der Waals surface area contributed by atoms with Gasteiger partial charge in [-0.25, -0.2) is 0 Å². The van der Waals surface area contributed by atoms with E-state index in [1.807, 2.05) is 14.1 Å². The van der Waals surface area contributed by atoms with Crippen molar-refractivity contribution in [1.29, 1.82) is 0 Å². The Balaban J connectivity index is 1.47. The molecule has 4 rings (SSSR count). The van der Waals surface area contributed by atoms with Crippen molar-refractivity contribution in [2.75, 3.05) is 53.4 Å². The van der Waals surface area contributed by atoms with Gasteiger partial charge >= 0.3 is 0 Å². The van der Waals surface area contributed by atoms with Crippen LogP contribution in [0.5, 0.6) is 0 Å². The molecular weight excluding hydrogens is 346 g/mol. The van der Waals surface area contributed by atoms with E-state index in [1.165, 1.54) is 44.3 Å². The molecule has 152 valence electrons. The van der Waals surface area contributed by atoms with Crippen LogP contribution in [0.1, 0.15) is 42.7 Å². The SMILES string of the molecule is CN(C)CC#Cc1ccc([C@H]2[C@@H](CO)N3CCCCN(CC4CC4)C[C@@H]23)cc1. The molecule has 0 aromatic heterocycles. The van der Waals surface area contributed by atoms with Gasteiger partial charge in [0.1, 0.15) is 0 Å². The number of benzene rings is 1. The van der Waals surface area contributed by atoms with Crippen LogP contribution in [0.4, 0.5) is 0 Å². The van der Waals surface area contributed by atoms with E-state index in [2.05, 4.69) is 50.8 Å². The van der Waals surface area contributed by atoms with Crippen LogP contribution in [-0.4, -0.2) is 85.3 Å². The first kappa shape index (κ1) is 19.9. The van der Waals surface area contributed by atoms with Crippen molar-refractivity contribution in [3.05, 3.63) is 35.4 Å². The van der Waals surface area contributed by atoms with Crippen LogP contribution in [0, 0.1) is 17.8 Å². The van der Waals surface area contributed by atoms with E-state index >= 15 is 0 Å². The molecule has 0 amide bonds. The zero-order valence-electron chi connectivity index (χ0n) is 17.5. The summed E-state index contributed by atoms with van der Waals surface area (Å²) in [6.07, 6.45) is 5.38. The smallest absolute Gasteiger partial charge is 0.0600 e. The molecule has 0 spiro atoms. The topological polar surface area (TPSA) is 30.0 Å². The minimum absolute atomic E-state index is 0.258. The Morgan fingerprint density at radius 3 is 2.54 bits per heavy atom. The van der Waals surface area contributed by atoms with Gasteiger partial charge in [-0.05, 0) is 76.5 Å². The molecule has 3 aliphatic rings. The van der Waals surface area contributed by atoms with Crippen LogP contribution in [0.15, 0.2) is 24.3 Å². The Morgan fingerprint density at radius 1 is 1.11 bits per heavy atom. The van der Waals surface area contributed by atoms with Gasteiger partial charge in [-0.1, -0.05) is 24.0 Å². The second-order valence-electron chi connectivity index (χ2n) is 9.15. The number of rotatable bonds is 5. The molecule has 0 bridgehead atoms. The normalized spacial score (nSPS) is 28.6. The van der Waals surface area contributed by atoms with E-state index in [0.29, 0.717) is 12.0 Å². The highest BCUT2D eigenvalue weighted by atomic mass is 16.3. The maximum atomic E-state index is 10.1. The summed E-state index contributed by atoms with van der Waals surface area (Å²) in [7, 11) is 4.08. The molecule has 2 heterocycles. The molecule has 0 unspecified atom stereocenters. The van der Waals surface area contributed by atoms with Crippen molar-refractivity contribution in [2.45, 2.75) is 43.7 Å². The van der Waals surface area contributed by atoms with Crippen molar-refractivity contribution >= 4 is 0 Å². The molecule has 1 saturated carbocycles. The largest absolute Gasteiger partial charge is 0.395 e. The monoisotopic (exact) mass is 381 g/mol. The fourth-order valence-corrected chi connectivity index (χ4v) is 4.93. The fraction of sp³-hybridized carbons (Fsp3) is 0.667. The van der Waals surface area contributed by atoms with E-state index < -0.39 is 0 Å². The molecule has 1 aromatic rings. The molecule has 0 radical (unpaired) electrons. The van der Waals surface area contributed by atoms with Crippen LogP contribution in [0.25, 0.3) is 0 Å². The minimum atomic E-state index is 0.258. The summed E-state index contributed by atoms with van der Waals surface area (Å²) in [6, 6.07) is 9.61. The minimum Gasteiger partial charge on any atom is -0.395 e. The van der Waals surface area contributed by atoms with Crippen LogP contribution in [-0.2, 0) is 0 Å².